The fourth-order valence-electron chi connectivity index (χ4n) is 17.0. The average Bonchev–Trinajstić information content (AvgIpc) is 1.48. The van der Waals surface area contributed by atoms with Crippen LogP contribution in [0.2, 0.25) is 0 Å². The highest BCUT2D eigenvalue weighted by atomic mass is 79.9. The normalized spacial score (nSPS) is 15.2. The summed E-state index contributed by atoms with van der Waals surface area (Å²) in [6, 6.07) is 91.5. The monoisotopic (exact) mass is 1330 g/mol. The maximum Gasteiger partial charge on any atom is 0.0736 e. The smallest absolute Gasteiger partial charge is 0.0736 e. The Hall–Kier alpha value is -7.91. The summed E-state index contributed by atoms with van der Waals surface area (Å²) in [6.07, 6.45) is 0. The molecule has 4 aromatic heterocycles. The lowest BCUT2D eigenvalue weighted by Crippen LogP contribution is -2.30. The second-order valence-electron chi connectivity index (χ2n) is 26.7. The number of halogens is 1. The molecule has 0 radical (unpaired) electrons. The molecule has 0 saturated carbocycles. The summed E-state index contributed by atoms with van der Waals surface area (Å²) in [4.78, 5) is 5.33. The Kier molecular flexibility index (Phi) is 12.5. The molecule has 0 N–H and O–H groups in total. The first-order valence-corrected chi connectivity index (χ1v) is 36.3. The number of fused-ring (bicyclic) bond motifs is 15. The van der Waals surface area contributed by atoms with Crippen molar-refractivity contribution < 1.29 is 0 Å². The molecule has 0 amide bonds. The highest BCUT2D eigenvalue weighted by molar-refractivity contribution is 9.11. The molecular formula is C86H63BrS5. The zero-order valence-electron chi connectivity index (χ0n) is 52.4. The minimum atomic E-state index is -0.705. The van der Waals surface area contributed by atoms with Gasteiger partial charge in [-0.2, -0.15) is 0 Å². The lowest BCUT2D eigenvalue weighted by atomic mass is 9.65. The molecule has 4 aliphatic rings. The summed E-state index contributed by atoms with van der Waals surface area (Å²) in [7, 11) is 0. The Morgan fingerprint density at radius 3 is 0.761 bits per heavy atom. The predicted molar refractivity (Wildman–Crippen MR) is 398 cm³/mol. The van der Waals surface area contributed by atoms with Crippen molar-refractivity contribution in [3.8, 4) is 41.8 Å². The van der Waals surface area contributed by atoms with Gasteiger partial charge in [-0.05, 0) is 208 Å². The molecule has 14 aromatic rings. The van der Waals surface area contributed by atoms with Crippen molar-refractivity contribution in [1.29, 1.82) is 0 Å². The van der Waals surface area contributed by atoms with E-state index < -0.39 is 21.7 Å². The zero-order valence-corrected chi connectivity index (χ0v) is 58.1. The van der Waals surface area contributed by atoms with E-state index in [1.807, 2.05) is 34.0 Å². The van der Waals surface area contributed by atoms with Gasteiger partial charge in [-0.1, -0.05) is 239 Å². The maximum atomic E-state index is 5.24. The quantitative estimate of drug-likeness (QED) is 0.144. The molecule has 0 unspecified atom stereocenters. The van der Waals surface area contributed by atoms with Crippen LogP contribution in [0.1, 0.15) is 134 Å². The van der Waals surface area contributed by atoms with Gasteiger partial charge in [-0.15, -0.1) is 58.0 Å². The summed E-state index contributed by atoms with van der Waals surface area (Å²) < 4.78 is 4.90. The molecular weight excluding hydrogens is 1270 g/mol. The van der Waals surface area contributed by atoms with Gasteiger partial charge in [0, 0.05) is 30.6 Å². The van der Waals surface area contributed by atoms with E-state index in [2.05, 4.69) is 313 Å². The Morgan fingerprint density at radius 2 is 0.478 bits per heavy atom. The van der Waals surface area contributed by atoms with Crippen molar-refractivity contribution in [2.75, 3.05) is 0 Å². The highest BCUT2D eigenvalue weighted by Crippen LogP contribution is 2.72. The van der Waals surface area contributed by atoms with Gasteiger partial charge in [0.2, 0.25) is 0 Å². The van der Waals surface area contributed by atoms with Crippen molar-refractivity contribution in [3.05, 3.63) is 368 Å². The standard InChI is InChI=1S/C86H63BrS5/c1-47-9-25-55(26-10-47)83(56-27-11-48(2)12-28-56)67-43-65-69(41-63(67)77-71(83)45-73(87)89-77)85(59-33-17-51(5)18-34-59,60-35-19-52(6)20-36-60)75-79(65)91-82-76-80(92-81(75)82)66-44-68-64(42-70(66)86(76,61-37-21-53(7)22-38-61)62-39-23-54(8)24-40-62)78-72(46-74(88)90-78)84(68,57-29-13-49(3)14-30-57)58-31-15-50(4)16-32-58/h9-46,88H,1-8H3. The van der Waals surface area contributed by atoms with Crippen LogP contribution in [0.15, 0.2) is 239 Å². The van der Waals surface area contributed by atoms with Gasteiger partial charge in [0.1, 0.15) is 0 Å². The van der Waals surface area contributed by atoms with Crippen molar-refractivity contribution in [2.45, 2.75) is 81.3 Å². The van der Waals surface area contributed by atoms with Gasteiger partial charge >= 0.3 is 0 Å². The largest absolute Gasteiger partial charge is 0.134 e. The Balaban J connectivity index is 1.01. The number of aryl methyl sites for hydroxylation is 8. The molecule has 4 heterocycles. The third-order valence-corrected chi connectivity index (χ3v) is 26.9. The third-order valence-electron chi connectivity index (χ3n) is 21.3. The summed E-state index contributed by atoms with van der Waals surface area (Å²) in [5, 5.41) is 0. The molecule has 0 atom stereocenters. The molecule has 0 bridgehead atoms. The maximum absolute atomic E-state index is 5.24. The first-order chi connectivity index (χ1) is 44.6. The average molecular weight is 1340 g/mol. The Morgan fingerprint density at radius 1 is 0.250 bits per heavy atom. The summed E-state index contributed by atoms with van der Waals surface area (Å²) >= 11 is 17.1. The lowest BCUT2D eigenvalue weighted by Gasteiger charge is -2.36. The van der Waals surface area contributed by atoms with Crippen molar-refractivity contribution in [3.63, 3.8) is 0 Å². The molecule has 0 spiro atoms. The first-order valence-electron chi connectivity index (χ1n) is 31.8. The van der Waals surface area contributed by atoms with Crippen molar-refractivity contribution >= 4 is 83.3 Å². The van der Waals surface area contributed by atoms with Crippen LogP contribution in [-0.4, -0.2) is 0 Å². The summed E-state index contributed by atoms with van der Waals surface area (Å²) in [6.45, 7) is 17.7. The second kappa shape index (κ2) is 20.3. The van der Waals surface area contributed by atoms with E-state index in [9.17, 15) is 0 Å². The Labute approximate surface area is 569 Å². The molecule has 0 nitrogen and oxygen atoms in total. The van der Waals surface area contributed by atoms with E-state index in [-0.39, 0.29) is 0 Å². The van der Waals surface area contributed by atoms with Crippen LogP contribution in [0, 0.1) is 55.4 Å². The molecule has 10 aromatic carbocycles. The van der Waals surface area contributed by atoms with Gasteiger partial charge in [0.25, 0.3) is 0 Å². The lowest BCUT2D eigenvalue weighted by molar-refractivity contribution is 0.760. The van der Waals surface area contributed by atoms with E-state index in [4.69, 9.17) is 12.6 Å². The molecule has 92 heavy (non-hydrogen) atoms. The predicted octanol–water partition coefficient (Wildman–Crippen LogP) is 24.1. The summed E-state index contributed by atoms with van der Waals surface area (Å²) in [5.74, 6) is 0. The Bertz CT molecular complexity index is 4860. The third kappa shape index (κ3) is 7.51. The number of hydrogen-bond donors (Lipinski definition) is 1. The molecule has 0 aliphatic heterocycles. The van der Waals surface area contributed by atoms with Crippen LogP contribution in [0.3, 0.4) is 0 Å². The SMILES string of the molecule is Cc1ccc(C2(c3ccc(C)cc3)c3cc4c(cc3-c3sc(S)cc32)C(c2ccc(C)cc2)(c2ccc(C)cc2)c2c-4sc3c4c(sc23)-c2cc3c(cc2C4(c2ccc(C)cc2)c2ccc(C)cc2)-c2sc(Br)cc2C3(c2ccc(C)cc2)c2ccc(C)cc2)cc1. The van der Waals surface area contributed by atoms with E-state index in [1.54, 1.807) is 0 Å². The molecule has 18 rings (SSSR count). The summed E-state index contributed by atoms with van der Waals surface area (Å²) in [5.41, 5.74) is 33.6. The number of thiol groups is 1. The van der Waals surface area contributed by atoms with Crippen molar-refractivity contribution in [2.24, 2.45) is 0 Å². The van der Waals surface area contributed by atoms with Crippen LogP contribution >= 0.6 is 73.9 Å². The first kappa shape index (κ1) is 56.8. The second-order valence-corrected chi connectivity index (χ2v) is 33.0. The fourth-order valence-corrected chi connectivity index (χ4v) is 23.2. The number of hydrogen-bond acceptors (Lipinski definition) is 5. The van der Waals surface area contributed by atoms with Crippen LogP contribution in [0.25, 0.3) is 51.2 Å². The molecule has 444 valence electrons. The van der Waals surface area contributed by atoms with Gasteiger partial charge in [-0.3, -0.25) is 0 Å². The molecule has 0 fully saturated rings. The number of thiophene rings is 4. The van der Waals surface area contributed by atoms with Gasteiger partial charge < -0.3 is 0 Å². The topological polar surface area (TPSA) is 0 Å². The van der Waals surface area contributed by atoms with E-state index >= 15 is 0 Å². The van der Waals surface area contributed by atoms with Crippen LogP contribution < -0.4 is 0 Å². The van der Waals surface area contributed by atoms with E-state index in [0.717, 1.165) is 8.00 Å². The van der Waals surface area contributed by atoms with E-state index in [1.165, 1.54) is 185 Å². The van der Waals surface area contributed by atoms with Crippen LogP contribution in [-0.2, 0) is 21.7 Å². The zero-order chi connectivity index (χ0) is 62.5. The molecule has 0 saturated heterocycles. The van der Waals surface area contributed by atoms with Crippen molar-refractivity contribution in [1.82, 2.24) is 0 Å². The van der Waals surface area contributed by atoms with Crippen LogP contribution in [0.4, 0.5) is 0 Å². The number of benzene rings is 10. The van der Waals surface area contributed by atoms with E-state index in [0.29, 0.717) is 0 Å². The van der Waals surface area contributed by atoms with Gasteiger partial charge in [0.15, 0.2) is 0 Å². The number of rotatable bonds is 8. The van der Waals surface area contributed by atoms with Gasteiger partial charge in [0.05, 0.1) is 39.1 Å². The van der Waals surface area contributed by atoms with Crippen LogP contribution in [0.5, 0.6) is 0 Å². The molecule has 6 heteroatoms. The van der Waals surface area contributed by atoms with Gasteiger partial charge in [-0.25, -0.2) is 0 Å². The minimum absolute atomic E-state index is 0.588. The minimum Gasteiger partial charge on any atom is -0.134 e. The fraction of sp³-hybridized carbons (Fsp3) is 0.140. The highest BCUT2D eigenvalue weighted by Gasteiger charge is 2.58. The molecule has 4 aliphatic carbocycles.